The molecule has 0 aliphatic rings. The van der Waals surface area contributed by atoms with Crippen LogP contribution in [0.3, 0.4) is 0 Å². The van der Waals surface area contributed by atoms with Crippen molar-refractivity contribution >= 4 is 9.84 Å². The van der Waals surface area contributed by atoms with E-state index >= 15 is 0 Å². The van der Waals surface area contributed by atoms with E-state index < -0.39 is 32.0 Å². The molecule has 4 rings (SSSR count). The first-order valence-electron chi connectivity index (χ1n) is 12.1. The van der Waals surface area contributed by atoms with E-state index in [2.05, 4.69) is 16.0 Å². The van der Waals surface area contributed by atoms with E-state index in [0.717, 1.165) is 12.6 Å². The van der Waals surface area contributed by atoms with Gasteiger partial charge in [0.05, 0.1) is 22.3 Å². The number of halogens is 1. The van der Waals surface area contributed by atoms with Crippen molar-refractivity contribution in [3.63, 3.8) is 0 Å². The van der Waals surface area contributed by atoms with Gasteiger partial charge in [-0.15, -0.1) is 0 Å². The summed E-state index contributed by atoms with van der Waals surface area (Å²) in [6.45, 7) is 3.82. The largest absolute Gasteiger partial charge is 0.493 e. The van der Waals surface area contributed by atoms with Crippen LogP contribution in [0.4, 0.5) is 4.39 Å². The van der Waals surface area contributed by atoms with Crippen molar-refractivity contribution in [2.24, 2.45) is 0 Å². The lowest BCUT2D eigenvalue weighted by atomic mass is 10.0. The summed E-state index contributed by atoms with van der Waals surface area (Å²) in [4.78, 5) is 19.8. The van der Waals surface area contributed by atoms with E-state index in [9.17, 15) is 28.0 Å². The van der Waals surface area contributed by atoms with E-state index in [4.69, 9.17) is 0 Å². The summed E-state index contributed by atoms with van der Waals surface area (Å²) in [5, 5.41) is 21.2. The Morgan fingerprint density at radius 2 is 1.82 bits per heavy atom. The summed E-state index contributed by atoms with van der Waals surface area (Å²) in [6, 6.07) is 13.8. The zero-order chi connectivity index (χ0) is 27.4. The lowest BCUT2D eigenvalue weighted by molar-refractivity contribution is 0.409. The summed E-state index contributed by atoms with van der Waals surface area (Å²) in [5.74, 6) is -1.17. The molecular formula is C28H25FN4O4S. The Balaban J connectivity index is 1.93. The molecule has 0 saturated carbocycles. The molecule has 0 atom stereocenters. The van der Waals surface area contributed by atoms with Crippen LogP contribution in [0.5, 0.6) is 5.88 Å². The average molecular weight is 533 g/mol. The molecular weight excluding hydrogens is 507 g/mol. The number of aryl methyl sites for hydroxylation is 2. The van der Waals surface area contributed by atoms with E-state index in [1.165, 1.54) is 41.1 Å². The molecule has 0 saturated heterocycles. The quantitative estimate of drug-likeness (QED) is 0.347. The van der Waals surface area contributed by atoms with Crippen LogP contribution in [0.1, 0.15) is 43.6 Å². The zero-order valence-electron chi connectivity index (χ0n) is 20.8. The molecule has 2 aromatic carbocycles. The maximum absolute atomic E-state index is 13.6. The zero-order valence-corrected chi connectivity index (χ0v) is 21.7. The van der Waals surface area contributed by atoms with Gasteiger partial charge >= 0.3 is 0 Å². The molecule has 0 spiro atoms. The van der Waals surface area contributed by atoms with Crippen LogP contribution >= 0.6 is 0 Å². The molecule has 0 radical (unpaired) electrons. The number of sulfone groups is 1. The fraction of sp³-hybridized carbons (Fsp3) is 0.214. The van der Waals surface area contributed by atoms with Gasteiger partial charge in [0.2, 0.25) is 15.7 Å². The van der Waals surface area contributed by atoms with Crippen LogP contribution in [0, 0.1) is 17.1 Å². The monoisotopic (exact) mass is 532 g/mol. The molecule has 0 fully saturated rings. The average Bonchev–Trinajstić information content (AvgIpc) is 2.91. The van der Waals surface area contributed by atoms with E-state index in [-0.39, 0.29) is 16.3 Å². The molecule has 0 amide bonds. The van der Waals surface area contributed by atoms with Crippen molar-refractivity contribution in [3.8, 4) is 28.8 Å². The highest BCUT2D eigenvalue weighted by molar-refractivity contribution is 7.91. The predicted molar refractivity (Wildman–Crippen MR) is 139 cm³/mol. The van der Waals surface area contributed by atoms with Crippen LogP contribution in [0.15, 0.2) is 75.5 Å². The molecule has 1 N–H and O–H groups in total. The van der Waals surface area contributed by atoms with Gasteiger partial charge in [0.1, 0.15) is 17.7 Å². The van der Waals surface area contributed by atoms with Gasteiger partial charge in [-0.2, -0.15) is 10.2 Å². The number of unbranched alkanes of at least 4 members (excludes halogenated alkanes) is 1. The lowest BCUT2D eigenvalue weighted by Gasteiger charge is -2.20. The molecule has 2 aromatic heterocycles. The highest BCUT2D eigenvalue weighted by Crippen LogP contribution is 2.33. The highest BCUT2D eigenvalue weighted by Gasteiger charge is 2.31. The van der Waals surface area contributed by atoms with E-state index in [1.54, 1.807) is 18.2 Å². The molecule has 0 aliphatic heterocycles. The molecule has 38 heavy (non-hydrogen) atoms. The Morgan fingerprint density at radius 3 is 2.45 bits per heavy atom. The van der Waals surface area contributed by atoms with E-state index in [1.807, 2.05) is 13.8 Å². The number of aromatic nitrogens is 3. The molecule has 0 bridgehead atoms. The lowest BCUT2D eigenvalue weighted by Crippen LogP contribution is -2.25. The molecule has 4 aromatic rings. The third-order valence-corrected chi connectivity index (χ3v) is 7.96. The third kappa shape index (κ3) is 4.93. The predicted octanol–water partition coefficient (Wildman–Crippen LogP) is 4.75. The number of benzene rings is 2. The van der Waals surface area contributed by atoms with Crippen LogP contribution in [-0.2, 0) is 22.7 Å². The van der Waals surface area contributed by atoms with Crippen molar-refractivity contribution in [1.29, 1.82) is 5.26 Å². The Kier molecular flexibility index (Phi) is 7.69. The molecule has 2 heterocycles. The van der Waals surface area contributed by atoms with Crippen molar-refractivity contribution in [1.82, 2.24) is 14.5 Å². The summed E-state index contributed by atoms with van der Waals surface area (Å²) in [6.07, 6.45) is 4.67. The number of nitrogens with zero attached hydrogens (tertiary/aromatic N) is 4. The van der Waals surface area contributed by atoms with Gasteiger partial charge in [-0.3, -0.25) is 14.3 Å². The number of aromatic hydroxyl groups is 1. The van der Waals surface area contributed by atoms with E-state index in [0.29, 0.717) is 41.6 Å². The number of hydrogen-bond acceptors (Lipinski definition) is 7. The molecule has 10 heteroatoms. The van der Waals surface area contributed by atoms with Crippen molar-refractivity contribution in [2.45, 2.75) is 49.3 Å². The van der Waals surface area contributed by atoms with Crippen LogP contribution in [0.25, 0.3) is 16.8 Å². The van der Waals surface area contributed by atoms with Gasteiger partial charge in [-0.1, -0.05) is 44.5 Å². The number of pyridine rings is 1. The second-order valence-electron chi connectivity index (χ2n) is 8.62. The standard InChI is InChI=1S/C28H25FN4O4S/c1-3-5-9-24-32-27(34)26(28(35)33(24)25-18(4-2)7-6-8-20(25)15-30)38(36,37)23-12-10-19(11-13-23)21-14-22(29)17-31-16-21/h6-8,10-14,16-17,35H,3-5,9H2,1-2H3. The van der Waals surface area contributed by atoms with Gasteiger partial charge < -0.3 is 5.11 Å². The van der Waals surface area contributed by atoms with Gasteiger partial charge in [0.15, 0.2) is 4.90 Å². The SMILES string of the molecule is CCCCc1nc(=O)c(S(=O)(=O)c2ccc(-c3cncc(F)c3)cc2)c(O)n1-c1c(C#N)cccc1CC. The summed E-state index contributed by atoms with van der Waals surface area (Å²) in [7, 11) is -4.53. The first-order valence-corrected chi connectivity index (χ1v) is 13.5. The molecule has 0 aliphatic carbocycles. The van der Waals surface area contributed by atoms with Gasteiger partial charge in [0, 0.05) is 18.2 Å². The minimum absolute atomic E-state index is 0.166. The highest BCUT2D eigenvalue weighted by atomic mass is 32.2. The summed E-state index contributed by atoms with van der Waals surface area (Å²) >= 11 is 0. The van der Waals surface area contributed by atoms with Crippen LogP contribution in [-0.4, -0.2) is 28.1 Å². The molecule has 8 nitrogen and oxygen atoms in total. The minimum atomic E-state index is -4.53. The van der Waals surface area contributed by atoms with Crippen molar-refractivity contribution < 1.29 is 17.9 Å². The van der Waals surface area contributed by atoms with Crippen molar-refractivity contribution in [3.05, 3.63) is 94.0 Å². The molecule has 194 valence electrons. The number of nitriles is 1. The van der Waals surface area contributed by atoms with Gasteiger partial charge in [-0.25, -0.2) is 12.8 Å². The smallest absolute Gasteiger partial charge is 0.296 e. The maximum atomic E-state index is 13.6. The van der Waals surface area contributed by atoms with Gasteiger partial charge in [0.25, 0.3) is 5.56 Å². The second kappa shape index (κ2) is 10.9. The minimum Gasteiger partial charge on any atom is -0.493 e. The topological polar surface area (TPSA) is 126 Å². The fourth-order valence-corrected chi connectivity index (χ4v) is 5.59. The van der Waals surface area contributed by atoms with Crippen LogP contribution in [0.2, 0.25) is 0 Å². The Bertz CT molecular complexity index is 1710. The normalized spacial score (nSPS) is 11.3. The third-order valence-electron chi connectivity index (χ3n) is 6.17. The van der Waals surface area contributed by atoms with Gasteiger partial charge in [-0.05, 0) is 48.2 Å². The first-order chi connectivity index (χ1) is 18.2. The number of rotatable bonds is 8. The fourth-order valence-electron chi connectivity index (χ4n) is 4.26. The Hall–Kier alpha value is -4.36. The number of para-hydroxylation sites is 1. The van der Waals surface area contributed by atoms with Crippen molar-refractivity contribution in [2.75, 3.05) is 0 Å². The summed E-state index contributed by atoms with van der Waals surface area (Å²) in [5.41, 5.74) is 1.05. The van der Waals surface area contributed by atoms with Crippen LogP contribution < -0.4 is 5.56 Å². The Morgan fingerprint density at radius 1 is 1.08 bits per heavy atom. The Labute approximate surface area is 219 Å². The molecule has 0 unspecified atom stereocenters. The first kappa shape index (κ1) is 26.7. The second-order valence-corrected chi connectivity index (χ2v) is 10.5. The number of hydrogen-bond donors (Lipinski definition) is 1. The maximum Gasteiger partial charge on any atom is 0.296 e. The summed E-state index contributed by atoms with van der Waals surface area (Å²) < 4.78 is 42.1.